The molecule has 1 saturated heterocycles. The third kappa shape index (κ3) is 4.05. The maximum absolute atomic E-state index is 12.2. The van der Waals surface area contributed by atoms with E-state index in [0.29, 0.717) is 6.54 Å². The number of nitrogens with zero attached hydrogens (tertiary/aromatic N) is 1. The lowest BCUT2D eigenvalue weighted by Gasteiger charge is -2.27. The highest BCUT2D eigenvalue weighted by molar-refractivity contribution is 5.79. The molecule has 2 unspecified atom stereocenters. The summed E-state index contributed by atoms with van der Waals surface area (Å²) in [6, 6.07) is 10.5. The van der Waals surface area contributed by atoms with Crippen LogP contribution in [0.4, 0.5) is 0 Å². The average Bonchev–Trinajstić information content (AvgIpc) is 2.49. The normalized spacial score (nSPS) is 20.6. The second-order valence-electron chi connectivity index (χ2n) is 5.68. The van der Waals surface area contributed by atoms with E-state index in [4.69, 9.17) is 0 Å². The number of benzene rings is 1. The Morgan fingerprint density at radius 2 is 2.15 bits per heavy atom. The Bertz CT molecular complexity index is 413. The van der Waals surface area contributed by atoms with Crippen LogP contribution in [0.1, 0.15) is 24.4 Å². The van der Waals surface area contributed by atoms with Gasteiger partial charge in [-0.15, -0.1) is 0 Å². The summed E-state index contributed by atoms with van der Waals surface area (Å²) in [5.74, 6) is 0.308. The third-order valence-electron chi connectivity index (χ3n) is 3.95. The topological polar surface area (TPSA) is 44.4 Å². The van der Waals surface area contributed by atoms with E-state index >= 15 is 0 Å². The zero-order valence-corrected chi connectivity index (χ0v) is 12.4. The smallest absolute Gasteiger partial charge is 0.224 e. The second kappa shape index (κ2) is 7.41. The van der Waals surface area contributed by atoms with Gasteiger partial charge in [0.05, 0.1) is 12.0 Å². The van der Waals surface area contributed by atoms with Gasteiger partial charge in [0, 0.05) is 13.1 Å². The number of hydrogen-bond donors (Lipinski definition) is 2. The number of rotatable bonds is 5. The highest BCUT2D eigenvalue weighted by Gasteiger charge is 2.22. The molecule has 1 aromatic rings. The summed E-state index contributed by atoms with van der Waals surface area (Å²) < 4.78 is 0. The van der Waals surface area contributed by atoms with Crippen LogP contribution in [0, 0.1) is 5.92 Å². The molecule has 20 heavy (non-hydrogen) atoms. The Morgan fingerprint density at radius 3 is 2.75 bits per heavy atom. The Labute approximate surface area is 121 Å². The predicted molar refractivity (Wildman–Crippen MR) is 81.5 cm³/mol. The van der Waals surface area contributed by atoms with Gasteiger partial charge in [-0.25, -0.2) is 0 Å². The summed E-state index contributed by atoms with van der Waals surface area (Å²) in [5, 5.41) is 6.40. The molecule has 110 valence electrons. The molecule has 1 heterocycles. The van der Waals surface area contributed by atoms with Gasteiger partial charge in [0.2, 0.25) is 5.91 Å². The van der Waals surface area contributed by atoms with Crippen molar-refractivity contribution in [1.29, 1.82) is 0 Å². The van der Waals surface area contributed by atoms with E-state index < -0.39 is 0 Å². The maximum Gasteiger partial charge on any atom is 0.224 e. The highest BCUT2D eigenvalue weighted by atomic mass is 16.1. The summed E-state index contributed by atoms with van der Waals surface area (Å²) in [7, 11) is 4.10. The first-order valence-corrected chi connectivity index (χ1v) is 7.38. The Balaban J connectivity index is 1.91. The van der Waals surface area contributed by atoms with Crippen molar-refractivity contribution < 1.29 is 4.79 Å². The second-order valence-corrected chi connectivity index (χ2v) is 5.68. The monoisotopic (exact) mass is 275 g/mol. The standard InChI is InChI=1S/C16H25N3O/c1-19(2)15(13-7-4-3-5-8-13)12-18-16(20)14-9-6-10-17-11-14/h3-5,7-8,14-15,17H,6,9-12H2,1-2H3,(H,18,20). The summed E-state index contributed by atoms with van der Waals surface area (Å²) >= 11 is 0. The van der Waals surface area contributed by atoms with E-state index in [1.807, 2.05) is 32.3 Å². The fourth-order valence-corrected chi connectivity index (χ4v) is 2.69. The van der Waals surface area contributed by atoms with Crippen LogP contribution in [0.3, 0.4) is 0 Å². The number of carbonyl (C=O) groups is 1. The minimum Gasteiger partial charge on any atom is -0.354 e. The summed E-state index contributed by atoms with van der Waals surface area (Å²) in [6.07, 6.45) is 2.09. The molecule has 2 N–H and O–H groups in total. The van der Waals surface area contributed by atoms with Crippen LogP contribution in [0.25, 0.3) is 0 Å². The van der Waals surface area contributed by atoms with Gasteiger partial charge in [0.1, 0.15) is 0 Å². The molecule has 0 saturated carbocycles. The fourth-order valence-electron chi connectivity index (χ4n) is 2.69. The lowest BCUT2D eigenvalue weighted by Crippen LogP contribution is -2.43. The van der Waals surface area contributed by atoms with Crippen molar-refractivity contribution in [3.63, 3.8) is 0 Å². The van der Waals surface area contributed by atoms with Crippen LogP contribution >= 0.6 is 0 Å². The number of nitrogens with one attached hydrogen (secondary N) is 2. The van der Waals surface area contributed by atoms with Crippen LogP contribution in [0.15, 0.2) is 30.3 Å². The minimum atomic E-state index is 0.127. The van der Waals surface area contributed by atoms with Gasteiger partial charge in [0.15, 0.2) is 0 Å². The molecule has 0 spiro atoms. The first-order chi connectivity index (χ1) is 9.68. The van der Waals surface area contributed by atoms with E-state index in [-0.39, 0.29) is 17.9 Å². The first-order valence-electron chi connectivity index (χ1n) is 7.38. The lowest BCUT2D eigenvalue weighted by molar-refractivity contribution is -0.125. The van der Waals surface area contributed by atoms with Gasteiger partial charge in [-0.3, -0.25) is 4.79 Å². The van der Waals surface area contributed by atoms with Crippen molar-refractivity contribution >= 4 is 5.91 Å². The molecule has 1 fully saturated rings. The summed E-state index contributed by atoms with van der Waals surface area (Å²) in [6.45, 7) is 2.50. The molecule has 2 rings (SSSR count). The van der Waals surface area contributed by atoms with E-state index in [0.717, 1.165) is 25.9 Å². The van der Waals surface area contributed by atoms with Gasteiger partial charge in [0.25, 0.3) is 0 Å². The molecular weight excluding hydrogens is 250 g/mol. The Kier molecular flexibility index (Phi) is 5.56. The van der Waals surface area contributed by atoms with Crippen molar-refractivity contribution in [3.8, 4) is 0 Å². The van der Waals surface area contributed by atoms with Gasteiger partial charge in [-0.1, -0.05) is 30.3 Å². The zero-order chi connectivity index (χ0) is 14.4. The van der Waals surface area contributed by atoms with Crippen molar-refractivity contribution in [3.05, 3.63) is 35.9 Å². The first kappa shape index (κ1) is 15.0. The molecule has 1 amide bonds. The van der Waals surface area contributed by atoms with Crippen molar-refractivity contribution in [1.82, 2.24) is 15.5 Å². The zero-order valence-electron chi connectivity index (χ0n) is 12.4. The van der Waals surface area contributed by atoms with Gasteiger partial charge in [-0.2, -0.15) is 0 Å². The van der Waals surface area contributed by atoms with E-state index in [1.54, 1.807) is 0 Å². The van der Waals surface area contributed by atoms with Crippen LogP contribution < -0.4 is 10.6 Å². The van der Waals surface area contributed by atoms with Gasteiger partial charge >= 0.3 is 0 Å². The van der Waals surface area contributed by atoms with Crippen LogP contribution in [-0.4, -0.2) is 44.5 Å². The average molecular weight is 275 g/mol. The van der Waals surface area contributed by atoms with Gasteiger partial charge < -0.3 is 15.5 Å². The summed E-state index contributed by atoms with van der Waals surface area (Å²) in [4.78, 5) is 14.3. The molecule has 4 heteroatoms. The van der Waals surface area contributed by atoms with Gasteiger partial charge in [-0.05, 0) is 39.0 Å². The van der Waals surface area contributed by atoms with Crippen LogP contribution in [0.2, 0.25) is 0 Å². The highest BCUT2D eigenvalue weighted by Crippen LogP contribution is 2.17. The molecule has 1 aromatic carbocycles. The molecule has 2 atom stereocenters. The molecule has 0 aliphatic carbocycles. The van der Waals surface area contributed by atoms with Crippen LogP contribution in [0.5, 0.6) is 0 Å². The molecule has 4 nitrogen and oxygen atoms in total. The number of likely N-dealkylation sites (N-methyl/N-ethyl adjacent to an activating group) is 1. The maximum atomic E-state index is 12.2. The van der Waals surface area contributed by atoms with E-state index in [1.165, 1.54) is 5.56 Å². The van der Waals surface area contributed by atoms with Crippen molar-refractivity contribution in [2.45, 2.75) is 18.9 Å². The number of piperidine rings is 1. The number of hydrogen-bond acceptors (Lipinski definition) is 3. The molecule has 1 aliphatic rings. The Morgan fingerprint density at radius 1 is 1.40 bits per heavy atom. The molecule has 0 radical (unpaired) electrons. The molecule has 0 bridgehead atoms. The largest absolute Gasteiger partial charge is 0.354 e. The molecular formula is C16H25N3O. The van der Waals surface area contributed by atoms with E-state index in [9.17, 15) is 4.79 Å². The quantitative estimate of drug-likeness (QED) is 0.854. The number of amides is 1. The predicted octanol–water partition coefficient (Wildman–Crippen LogP) is 1.41. The van der Waals surface area contributed by atoms with Crippen molar-refractivity contribution in [2.24, 2.45) is 5.92 Å². The Hall–Kier alpha value is -1.39. The van der Waals surface area contributed by atoms with E-state index in [2.05, 4.69) is 27.7 Å². The fraction of sp³-hybridized carbons (Fsp3) is 0.562. The SMILES string of the molecule is CN(C)C(CNC(=O)C1CCCNC1)c1ccccc1. The summed E-state index contributed by atoms with van der Waals surface area (Å²) in [5.41, 5.74) is 1.24. The third-order valence-corrected chi connectivity index (χ3v) is 3.95. The molecule has 1 aliphatic heterocycles. The minimum absolute atomic E-state index is 0.127. The van der Waals surface area contributed by atoms with Crippen LogP contribution in [-0.2, 0) is 4.79 Å². The lowest BCUT2D eigenvalue weighted by atomic mass is 9.98. The van der Waals surface area contributed by atoms with Crippen molar-refractivity contribution in [2.75, 3.05) is 33.7 Å². The number of carbonyl (C=O) groups excluding carboxylic acids is 1. The molecule has 0 aromatic heterocycles.